The fraction of sp³-hybridized carbons (Fsp3) is 0.133. The number of carbonyl (C=O) groups is 1. The minimum absolute atomic E-state index is 0.0858. The summed E-state index contributed by atoms with van der Waals surface area (Å²) in [5.41, 5.74) is 0.117. The van der Waals surface area contributed by atoms with Crippen molar-refractivity contribution in [2.45, 2.75) is 4.90 Å². The number of amides is 1. The zero-order valence-electron chi connectivity index (χ0n) is 12.5. The Balaban J connectivity index is 2.24. The Labute approximate surface area is 133 Å². The summed E-state index contributed by atoms with van der Waals surface area (Å²) in [6.45, 7) is 0. The van der Waals surface area contributed by atoms with Gasteiger partial charge in [-0.05, 0) is 36.4 Å². The Bertz CT molecular complexity index is 806. The van der Waals surface area contributed by atoms with Crippen LogP contribution in [0, 0.1) is 5.82 Å². The van der Waals surface area contributed by atoms with Crippen molar-refractivity contribution in [3.05, 3.63) is 59.9 Å². The van der Waals surface area contributed by atoms with Gasteiger partial charge in [0.2, 0.25) is 0 Å². The first-order chi connectivity index (χ1) is 10.8. The summed E-state index contributed by atoms with van der Waals surface area (Å²) in [6, 6.07) is 10.7. The Hall–Kier alpha value is -2.45. The summed E-state index contributed by atoms with van der Waals surface area (Å²) in [7, 11) is -1.17. The molecule has 0 aromatic heterocycles. The van der Waals surface area contributed by atoms with E-state index in [1.807, 2.05) is 0 Å². The van der Waals surface area contributed by atoms with Gasteiger partial charge in [0.1, 0.15) is 5.82 Å². The van der Waals surface area contributed by atoms with Gasteiger partial charge in [-0.2, -0.15) is 0 Å². The third-order valence-electron chi connectivity index (χ3n) is 3.09. The van der Waals surface area contributed by atoms with E-state index in [9.17, 15) is 17.6 Å². The van der Waals surface area contributed by atoms with Gasteiger partial charge in [-0.25, -0.2) is 17.9 Å². The Morgan fingerprint density at radius 1 is 1.13 bits per heavy atom. The zero-order valence-corrected chi connectivity index (χ0v) is 13.3. The summed E-state index contributed by atoms with van der Waals surface area (Å²) in [6.07, 6.45) is 0. The molecule has 0 saturated carbocycles. The molecule has 6 nitrogen and oxygen atoms in total. The maximum Gasteiger partial charge on any atom is 0.277 e. The molecule has 0 aliphatic rings. The minimum atomic E-state index is -3.95. The fourth-order valence-corrected chi connectivity index (χ4v) is 2.86. The quantitative estimate of drug-likeness (QED) is 0.849. The van der Waals surface area contributed by atoms with Crippen LogP contribution in [0.5, 0.6) is 0 Å². The summed E-state index contributed by atoms with van der Waals surface area (Å²) in [4.78, 5) is 16.5. The topological polar surface area (TPSA) is 75.7 Å². The van der Waals surface area contributed by atoms with Gasteiger partial charge in [0.25, 0.3) is 15.9 Å². The second-order valence-electron chi connectivity index (χ2n) is 4.59. The third kappa shape index (κ3) is 3.85. The van der Waals surface area contributed by atoms with Gasteiger partial charge in [0, 0.05) is 12.6 Å². The lowest BCUT2D eigenvalue weighted by Gasteiger charge is -2.14. The number of halogens is 1. The first-order valence-electron chi connectivity index (χ1n) is 6.55. The molecule has 122 valence electrons. The SMILES string of the molecule is CON(C)C(=O)c1ccc(S(=O)(=O)Nc2ccccc2F)cc1. The molecule has 0 spiro atoms. The van der Waals surface area contributed by atoms with Crippen LogP contribution < -0.4 is 4.72 Å². The molecule has 0 bridgehead atoms. The normalized spacial score (nSPS) is 11.1. The van der Waals surface area contributed by atoms with Crippen molar-refractivity contribution in [2.24, 2.45) is 0 Å². The number of rotatable bonds is 5. The first kappa shape index (κ1) is 16.9. The smallest absolute Gasteiger partial charge is 0.277 e. The van der Waals surface area contributed by atoms with Crippen molar-refractivity contribution in [2.75, 3.05) is 18.9 Å². The predicted octanol–water partition coefficient (Wildman–Crippen LogP) is 2.26. The second-order valence-corrected chi connectivity index (χ2v) is 6.28. The summed E-state index contributed by atoms with van der Waals surface area (Å²) in [5.74, 6) is -1.09. The molecule has 1 N–H and O–H groups in total. The average Bonchev–Trinajstić information content (AvgIpc) is 2.55. The molecule has 2 aromatic carbocycles. The first-order valence-corrected chi connectivity index (χ1v) is 8.03. The lowest BCUT2D eigenvalue weighted by molar-refractivity contribution is -0.0757. The average molecular weight is 338 g/mol. The second kappa shape index (κ2) is 6.76. The number of hydroxylamine groups is 2. The molecule has 1 amide bonds. The molecule has 0 saturated heterocycles. The van der Waals surface area contributed by atoms with E-state index in [4.69, 9.17) is 4.84 Å². The molecule has 0 fully saturated rings. The van der Waals surface area contributed by atoms with Crippen LogP contribution in [0.15, 0.2) is 53.4 Å². The number of para-hydroxylation sites is 1. The highest BCUT2D eigenvalue weighted by atomic mass is 32.2. The molecular formula is C15H15FN2O4S. The zero-order chi connectivity index (χ0) is 17.0. The van der Waals surface area contributed by atoms with Gasteiger partial charge in [-0.3, -0.25) is 14.4 Å². The van der Waals surface area contributed by atoms with Crippen molar-refractivity contribution in [3.8, 4) is 0 Å². The molecule has 0 aliphatic heterocycles. The van der Waals surface area contributed by atoms with E-state index in [0.717, 1.165) is 11.1 Å². The molecule has 0 heterocycles. The van der Waals surface area contributed by atoms with Crippen molar-refractivity contribution < 1.29 is 22.4 Å². The van der Waals surface area contributed by atoms with E-state index in [-0.39, 0.29) is 16.1 Å². The molecular weight excluding hydrogens is 323 g/mol. The summed E-state index contributed by atoms with van der Waals surface area (Å²) < 4.78 is 40.2. The van der Waals surface area contributed by atoms with E-state index < -0.39 is 21.7 Å². The minimum Gasteiger partial charge on any atom is -0.277 e. The van der Waals surface area contributed by atoms with Crippen LogP contribution >= 0.6 is 0 Å². The molecule has 2 rings (SSSR count). The Morgan fingerprint density at radius 3 is 2.30 bits per heavy atom. The monoisotopic (exact) mass is 338 g/mol. The van der Waals surface area contributed by atoms with Crippen molar-refractivity contribution in [1.82, 2.24) is 5.06 Å². The van der Waals surface area contributed by atoms with Crippen LogP contribution in [0.4, 0.5) is 10.1 Å². The highest BCUT2D eigenvalue weighted by molar-refractivity contribution is 7.92. The van der Waals surface area contributed by atoms with Gasteiger partial charge in [0.15, 0.2) is 0 Å². The van der Waals surface area contributed by atoms with Gasteiger partial charge in [-0.1, -0.05) is 12.1 Å². The summed E-state index contributed by atoms with van der Waals surface area (Å²) >= 11 is 0. The van der Waals surface area contributed by atoms with E-state index in [1.165, 1.54) is 56.6 Å². The molecule has 0 unspecified atom stereocenters. The highest BCUT2D eigenvalue weighted by Gasteiger charge is 2.18. The van der Waals surface area contributed by atoms with Crippen LogP contribution in [-0.2, 0) is 14.9 Å². The molecule has 23 heavy (non-hydrogen) atoms. The lowest BCUT2D eigenvalue weighted by Crippen LogP contribution is -2.25. The van der Waals surface area contributed by atoms with Gasteiger partial charge < -0.3 is 0 Å². The summed E-state index contributed by atoms with van der Waals surface area (Å²) in [5, 5.41) is 1.01. The Kier molecular flexibility index (Phi) is 4.97. The molecule has 8 heteroatoms. The van der Waals surface area contributed by atoms with E-state index in [0.29, 0.717) is 0 Å². The molecule has 0 atom stereocenters. The molecule has 0 radical (unpaired) electrons. The van der Waals surface area contributed by atoms with Crippen LogP contribution in [0.2, 0.25) is 0 Å². The molecule has 0 aliphatic carbocycles. The van der Waals surface area contributed by atoms with Crippen LogP contribution in [0.1, 0.15) is 10.4 Å². The standard InChI is InChI=1S/C15H15FN2O4S/c1-18(22-2)15(19)11-7-9-12(10-8-11)23(20,21)17-14-6-4-3-5-13(14)16/h3-10,17H,1-2H3. The largest absolute Gasteiger partial charge is 0.277 e. The third-order valence-corrected chi connectivity index (χ3v) is 4.47. The van der Waals surface area contributed by atoms with E-state index >= 15 is 0 Å². The maximum absolute atomic E-state index is 13.5. The van der Waals surface area contributed by atoms with Crippen LogP contribution in [-0.4, -0.2) is 33.5 Å². The van der Waals surface area contributed by atoms with Crippen LogP contribution in [0.25, 0.3) is 0 Å². The number of benzene rings is 2. The Morgan fingerprint density at radius 2 is 1.74 bits per heavy atom. The van der Waals surface area contributed by atoms with E-state index in [1.54, 1.807) is 0 Å². The number of hydrogen-bond donors (Lipinski definition) is 1. The predicted molar refractivity (Wildman–Crippen MR) is 82.8 cm³/mol. The van der Waals surface area contributed by atoms with Crippen molar-refractivity contribution >= 4 is 21.6 Å². The number of anilines is 1. The number of nitrogens with zero attached hydrogens (tertiary/aromatic N) is 1. The fourth-order valence-electron chi connectivity index (χ4n) is 1.79. The number of carbonyl (C=O) groups excluding carboxylic acids is 1. The van der Waals surface area contributed by atoms with Crippen molar-refractivity contribution in [3.63, 3.8) is 0 Å². The van der Waals surface area contributed by atoms with Gasteiger partial charge >= 0.3 is 0 Å². The highest BCUT2D eigenvalue weighted by Crippen LogP contribution is 2.19. The number of hydrogen-bond acceptors (Lipinski definition) is 4. The van der Waals surface area contributed by atoms with E-state index in [2.05, 4.69) is 4.72 Å². The lowest BCUT2D eigenvalue weighted by atomic mass is 10.2. The van der Waals surface area contributed by atoms with Gasteiger partial charge in [-0.15, -0.1) is 0 Å². The number of nitrogens with one attached hydrogen (secondary N) is 1. The maximum atomic E-state index is 13.5. The van der Waals surface area contributed by atoms with Crippen molar-refractivity contribution in [1.29, 1.82) is 0 Å². The van der Waals surface area contributed by atoms with Gasteiger partial charge in [0.05, 0.1) is 17.7 Å². The van der Waals surface area contributed by atoms with Crippen LogP contribution in [0.3, 0.4) is 0 Å². The molecule has 2 aromatic rings. The number of sulfonamides is 1.